The highest BCUT2D eigenvalue weighted by Gasteiger charge is 2.40. The van der Waals surface area contributed by atoms with Gasteiger partial charge in [0.05, 0.1) is 11.1 Å². The van der Waals surface area contributed by atoms with Gasteiger partial charge in [-0.1, -0.05) is 30.3 Å². The summed E-state index contributed by atoms with van der Waals surface area (Å²) in [5.74, 6) is 1.43. The maximum absolute atomic E-state index is 12.2. The maximum atomic E-state index is 12.2. The van der Waals surface area contributed by atoms with Crippen LogP contribution in [-0.2, 0) is 20.9 Å². The molecule has 0 bridgehead atoms. The lowest BCUT2D eigenvalue weighted by Crippen LogP contribution is -2.36. The first-order valence-corrected chi connectivity index (χ1v) is 12.4. The Bertz CT molecular complexity index is 1100. The van der Waals surface area contributed by atoms with E-state index in [1.54, 1.807) is 0 Å². The third-order valence-corrected chi connectivity index (χ3v) is 7.60. The predicted molar refractivity (Wildman–Crippen MR) is 133 cm³/mol. The van der Waals surface area contributed by atoms with E-state index in [2.05, 4.69) is 61.7 Å². The fourth-order valence-corrected chi connectivity index (χ4v) is 5.22. The Morgan fingerprint density at radius 1 is 1.21 bits per heavy atom. The first-order chi connectivity index (χ1) is 16.4. The van der Waals surface area contributed by atoms with E-state index in [4.69, 9.17) is 9.73 Å². The minimum absolute atomic E-state index is 0.0713. The van der Waals surface area contributed by atoms with Gasteiger partial charge in [-0.2, -0.15) is 0 Å². The molecule has 1 unspecified atom stereocenters. The monoisotopic (exact) mass is 459 g/mol. The number of rotatable bonds is 6. The molecule has 34 heavy (non-hydrogen) atoms. The van der Waals surface area contributed by atoms with Gasteiger partial charge in [-0.05, 0) is 62.0 Å². The molecule has 0 aromatic heterocycles. The van der Waals surface area contributed by atoms with Crippen molar-refractivity contribution >= 4 is 23.1 Å². The van der Waals surface area contributed by atoms with Crippen molar-refractivity contribution in [3.05, 3.63) is 65.6 Å². The quantitative estimate of drug-likeness (QED) is 0.686. The second kappa shape index (κ2) is 9.24. The van der Waals surface area contributed by atoms with Gasteiger partial charge < -0.3 is 15.0 Å². The van der Waals surface area contributed by atoms with Crippen LogP contribution in [0.25, 0.3) is 5.57 Å². The van der Waals surface area contributed by atoms with Crippen LogP contribution in [0.4, 0.5) is 0 Å². The summed E-state index contributed by atoms with van der Waals surface area (Å²) in [5, 5.41) is 2.92. The van der Waals surface area contributed by atoms with E-state index in [-0.39, 0.29) is 29.3 Å². The highest BCUT2D eigenvalue weighted by molar-refractivity contribution is 6.10. The first-order valence-electron chi connectivity index (χ1n) is 12.4. The number of likely N-dealkylation sites (tertiary alicyclic amines) is 1. The number of carbonyl (C=O) groups is 2. The second-order valence-corrected chi connectivity index (χ2v) is 10.1. The number of amides is 2. The summed E-state index contributed by atoms with van der Waals surface area (Å²) in [6, 6.07) is 8.46. The van der Waals surface area contributed by atoms with Gasteiger partial charge >= 0.3 is 0 Å². The van der Waals surface area contributed by atoms with E-state index in [1.165, 1.54) is 0 Å². The molecule has 2 fully saturated rings. The third-order valence-electron chi connectivity index (χ3n) is 7.60. The van der Waals surface area contributed by atoms with E-state index < -0.39 is 0 Å². The molecule has 0 radical (unpaired) electrons. The summed E-state index contributed by atoms with van der Waals surface area (Å²) in [6.07, 6.45) is 12.3. The molecule has 6 heteroatoms. The lowest BCUT2D eigenvalue weighted by atomic mass is 9.73. The van der Waals surface area contributed by atoms with Gasteiger partial charge in [0, 0.05) is 44.6 Å². The fraction of sp³-hybridized carbons (Fsp3) is 0.464. The van der Waals surface area contributed by atoms with Gasteiger partial charge in [0.2, 0.25) is 11.8 Å². The number of allylic oxidation sites excluding steroid dienone is 5. The summed E-state index contributed by atoms with van der Waals surface area (Å²) >= 11 is 0. The Hall–Kier alpha value is -3.15. The van der Waals surface area contributed by atoms with Crippen LogP contribution in [0.1, 0.15) is 57.1 Å². The van der Waals surface area contributed by atoms with Crippen molar-refractivity contribution in [3.8, 4) is 0 Å². The normalized spacial score (nSPS) is 27.4. The summed E-state index contributed by atoms with van der Waals surface area (Å²) in [6.45, 7) is 6.41. The number of aliphatic imine (C=N–C) groups is 1. The molecule has 1 aromatic carbocycles. The number of ether oxygens (including phenoxy) is 1. The molecule has 2 amide bonds. The van der Waals surface area contributed by atoms with E-state index in [9.17, 15) is 9.59 Å². The number of hydrogen-bond acceptors (Lipinski definition) is 4. The van der Waals surface area contributed by atoms with Crippen molar-refractivity contribution in [2.45, 2.75) is 58.6 Å². The molecule has 0 spiro atoms. The standard InChI is InChI=1S/C28H33N3O3/c1-19(23-16-26(32)30-17-23)34-25-15-22(14-24-28(25,2)11-5-12-29-24)21-9-7-20(8-10-21)18-31-13-4-3-6-27(31)33/h5,7-10,12,14-15,19,23H,3-4,6,11,13,16-18H2,1-2H3,(H,30,32)/t19-,23-,28?/m1/s1. The predicted octanol–water partition coefficient (Wildman–Crippen LogP) is 4.39. The minimum Gasteiger partial charge on any atom is -0.494 e. The van der Waals surface area contributed by atoms with E-state index in [0.717, 1.165) is 54.0 Å². The molecule has 3 heterocycles. The molecule has 3 atom stereocenters. The van der Waals surface area contributed by atoms with Crippen molar-refractivity contribution < 1.29 is 14.3 Å². The van der Waals surface area contributed by atoms with Crippen LogP contribution < -0.4 is 5.32 Å². The van der Waals surface area contributed by atoms with Gasteiger partial charge in [0.15, 0.2) is 0 Å². The number of carbonyl (C=O) groups excluding carboxylic acids is 2. The zero-order chi connectivity index (χ0) is 23.7. The molecule has 5 rings (SSSR count). The Morgan fingerprint density at radius 3 is 2.76 bits per heavy atom. The zero-order valence-corrected chi connectivity index (χ0v) is 20.0. The molecular formula is C28H33N3O3. The van der Waals surface area contributed by atoms with Gasteiger partial charge in [0.1, 0.15) is 11.9 Å². The fourth-order valence-electron chi connectivity index (χ4n) is 5.22. The number of benzene rings is 1. The second-order valence-electron chi connectivity index (χ2n) is 10.1. The summed E-state index contributed by atoms with van der Waals surface area (Å²) in [5.41, 5.74) is 4.00. The molecule has 3 aliphatic heterocycles. The van der Waals surface area contributed by atoms with Gasteiger partial charge in [-0.15, -0.1) is 0 Å². The van der Waals surface area contributed by atoms with Crippen molar-refractivity contribution in [2.75, 3.05) is 13.1 Å². The van der Waals surface area contributed by atoms with Crippen LogP contribution in [-0.4, -0.2) is 41.6 Å². The Kier molecular flexibility index (Phi) is 6.15. The highest BCUT2D eigenvalue weighted by Crippen LogP contribution is 2.43. The molecule has 1 N–H and O–H groups in total. The lowest BCUT2D eigenvalue weighted by Gasteiger charge is -2.38. The minimum atomic E-state index is -0.308. The third kappa shape index (κ3) is 4.46. The zero-order valence-electron chi connectivity index (χ0n) is 20.0. The molecule has 6 nitrogen and oxygen atoms in total. The molecule has 4 aliphatic rings. The number of fused-ring (bicyclic) bond motifs is 1. The van der Waals surface area contributed by atoms with Crippen LogP contribution in [0.3, 0.4) is 0 Å². The molecule has 1 aromatic rings. The largest absolute Gasteiger partial charge is 0.494 e. The van der Waals surface area contributed by atoms with Gasteiger partial charge in [0.25, 0.3) is 0 Å². The average molecular weight is 460 g/mol. The van der Waals surface area contributed by atoms with Gasteiger partial charge in [-0.25, -0.2) is 0 Å². The van der Waals surface area contributed by atoms with Crippen LogP contribution in [0.15, 0.2) is 59.4 Å². The average Bonchev–Trinajstić information content (AvgIpc) is 3.28. The molecule has 178 valence electrons. The van der Waals surface area contributed by atoms with Crippen molar-refractivity contribution in [1.29, 1.82) is 0 Å². The number of nitrogens with zero attached hydrogens (tertiary/aromatic N) is 2. The van der Waals surface area contributed by atoms with E-state index in [1.807, 2.05) is 11.1 Å². The smallest absolute Gasteiger partial charge is 0.222 e. The highest BCUT2D eigenvalue weighted by atomic mass is 16.5. The number of piperidine rings is 1. The van der Waals surface area contributed by atoms with Crippen LogP contribution in [0, 0.1) is 11.3 Å². The van der Waals surface area contributed by atoms with Crippen LogP contribution in [0.2, 0.25) is 0 Å². The summed E-state index contributed by atoms with van der Waals surface area (Å²) in [4.78, 5) is 30.5. The SMILES string of the molecule is C[C@@H](OC1=CC(c2ccc(CN3CCCCC3=O)cc2)=CC2=NC=CCC12C)[C@H]1CNC(=O)C1. The Balaban J connectivity index is 1.38. The topological polar surface area (TPSA) is 71.0 Å². The van der Waals surface area contributed by atoms with Crippen molar-refractivity contribution in [1.82, 2.24) is 10.2 Å². The number of hydrogen-bond donors (Lipinski definition) is 1. The Labute approximate surface area is 201 Å². The van der Waals surface area contributed by atoms with Crippen LogP contribution >= 0.6 is 0 Å². The summed E-state index contributed by atoms with van der Waals surface area (Å²) < 4.78 is 6.55. The molecular weight excluding hydrogens is 426 g/mol. The Morgan fingerprint density at radius 2 is 2.03 bits per heavy atom. The van der Waals surface area contributed by atoms with Crippen LogP contribution in [0.5, 0.6) is 0 Å². The molecule has 1 aliphatic carbocycles. The molecule has 0 saturated carbocycles. The van der Waals surface area contributed by atoms with E-state index >= 15 is 0 Å². The van der Waals surface area contributed by atoms with Gasteiger partial charge in [-0.3, -0.25) is 14.6 Å². The lowest BCUT2D eigenvalue weighted by molar-refractivity contribution is -0.133. The first kappa shape index (κ1) is 22.6. The van der Waals surface area contributed by atoms with Crippen molar-refractivity contribution in [2.24, 2.45) is 16.3 Å². The van der Waals surface area contributed by atoms with Crippen molar-refractivity contribution in [3.63, 3.8) is 0 Å². The summed E-state index contributed by atoms with van der Waals surface area (Å²) in [7, 11) is 0. The number of nitrogens with one attached hydrogen (secondary N) is 1. The molecule has 2 saturated heterocycles. The van der Waals surface area contributed by atoms with E-state index in [0.29, 0.717) is 25.9 Å². The maximum Gasteiger partial charge on any atom is 0.222 e.